The van der Waals surface area contributed by atoms with Crippen LogP contribution in [0.5, 0.6) is 0 Å². The largest absolute Gasteiger partial charge is 0.253 e. The summed E-state index contributed by atoms with van der Waals surface area (Å²) in [5, 5.41) is 1.22. The highest BCUT2D eigenvalue weighted by molar-refractivity contribution is 5.94. The van der Waals surface area contributed by atoms with Crippen LogP contribution in [0.3, 0.4) is 0 Å². The molecule has 106 valence electrons. The van der Waals surface area contributed by atoms with Crippen molar-refractivity contribution in [2.45, 2.75) is 41.0 Å². The fourth-order valence-corrected chi connectivity index (χ4v) is 2.13. The molecule has 1 heteroatoms. The van der Waals surface area contributed by atoms with Gasteiger partial charge in [-0.25, -0.2) is 0 Å². The number of fused-ring (bicyclic) bond motifs is 1. The summed E-state index contributed by atoms with van der Waals surface area (Å²) < 4.78 is 0. The molecule has 2 rings (SSSR count). The molecule has 0 unspecified atom stereocenters. The standard InChI is InChI=1S/C17H19N.C2H6/c1-4-6-9-14(5-2)16-12-13(3)18-17-11-8-7-10-15(16)17;1-2/h5-12H,4H2,1-3H3;1-2H3/b9-6-,14-5+;. The topological polar surface area (TPSA) is 12.9 Å². The van der Waals surface area contributed by atoms with E-state index in [9.17, 15) is 0 Å². The molecule has 0 aliphatic rings. The molecule has 0 N–H and O–H groups in total. The Balaban J connectivity index is 0.000000956. The summed E-state index contributed by atoms with van der Waals surface area (Å²) in [6.45, 7) is 10.3. The van der Waals surface area contributed by atoms with Crippen LogP contribution >= 0.6 is 0 Å². The minimum atomic E-state index is 1.05. The number of aryl methyl sites for hydroxylation is 1. The van der Waals surface area contributed by atoms with Crippen molar-refractivity contribution in [3.05, 3.63) is 59.8 Å². The van der Waals surface area contributed by atoms with Gasteiger partial charge in [0.05, 0.1) is 5.52 Å². The van der Waals surface area contributed by atoms with E-state index in [-0.39, 0.29) is 0 Å². The predicted octanol–water partition coefficient (Wildman–Crippen LogP) is 5.94. The zero-order chi connectivity index (χ0) is 15.0. The van der Waals surface area contributed by atoms with Gasteiger partial charge in [-0.15, -0.1) is 0 Å². The second-order valence-electron chi connectivity index (χ2n) is 4.38. The fraction of sp³-hybridized carbons (Fsp3) is 0.316. The van der Waals surface area contributed by atoms with E-state index in [1.165, 1.54) is 16.5 Å². The van der Waals surface area contributed by atoms with E-state index >= 15 is 0 Å². The van der Waals surface area contributed by atoms with Crippen molar-refractivity contribution in [3.63, 3.8) is 0 Å². The van der Waals surface area contributed by atoms with E-state index in [0.717, 1.165) is 17.6 Å². The minimum Gasteiger partial charge on any atom is -0.253 e. The smallest absolute Gasteiger partial charge is 0.0711 e. The van der Waals surface area contributed by atoms with Crippen LogP contribution in [0.4, 0.5) is 0 Å². The first kappa shape index (κ1) is 16.2. The molecule has 0 spiro atoms. The molecule has 0 radical (unpaired) electrons. The molecule has 0 saturated carbocycles. The maximum Gasteiger partial charge on any atom is 0.0711 e. The van der Waals surface area contributed by atoms with E-state index in [1.807, 2.05) is 26.8 Å². The Morgan fingerprint density at radius 2 is 1.90 bits per heavy atom. The second kappa shape index (κ2) is 8.31. The first-order valence-corrected chi connectivity index (χ1v) is 7.46. The lowest BCUT2D eigenvalue weighted by Gasteiger charge is -2.08. The van der Waals surface area contributed by atoms with E-state index in [4.69, 9.17) is 0 Å². The van der Waals surface area contributed by atoms with Crippen molar-refractivity contribution < 1.29 is 0 Å². The average molecular weight is 267 g/mol. The molecule has 1 heterocycles. The Hall–Kier alpha value is -1.89. The Labute approximate surface area is 123 Å². The van der Waals surface area contributed by atoms with Gasteiger partial charge in [-0.2, -0.15) is 0 Å². The van der Waals surface area contributed by atoms with Gasteiger partial charge in [0.25, 0.3) is 0 Å². The summed E-state index contributed by atoms with van der Waals surface area (Å²) in [5.74, 6) is 0. The Kier molecular flexibility index (Phi) is 6.72. The quantitative estimate of drug-likeness (QED) is 0.627. The monoisotopic (exact) mass is 267 g/mol. The van der Waals surface area contributed by atoms with Gasteiger partial charge in [0, 0.05) is 11.1 Å². The second-order valence-corrected chi connectivity index (χ2v) is 4.38. The number of nitrogens with zero attached hydrogens (tertiary/aromatic N) is 1. The maximum absolute atomic E-state index is 4.58. The zero-order valence-electron chi connectivity index (χ0n) is 13.3. The maximum atomic E-state index is 4.58. The highest BCUT2D eigenvalue weighted by Crippen LogP contribution is 2.25. The molecule has 1 aromatic heterocycles. The van der Waals surface area contributed by atoms with Crippen LogP contribution in [0, 0.1) is 6.92 Å². The summed E-state index contributed by atoms with van der Waals surface area (Å²) in [4.78, 5) is 4.58. The Morgan fingerprint density at radius 1 is 1.20 bits per heavy atom. The van der Waals surface area contributed by atoms with Crippen molar-refractivity contribution in [1.82, 2.24) is 4.98 Å². The number of aromatic nitrogens is 1. The molecular weight excluding hydrogens is 242 g/mol. The summed E-state index contributed by atoms with van der Waals surface area (Å²) >= 11 is 0. The molecule has 0 aliphatic heterocycles. The first-order chi connectivity index (χ1) is 9.76. The van der Waals surface area contributed by atoms with Gasteiger partial charge in [-0.05, 0) is 43.5 Å². The van der Waals surface area contributed by atoms with Crippen LogP contribution in [0.1, 0.15) is 45.4 Å². The number of rotatable bonds is 3. The number of pyridine rings is 1. The van der Waals surface area contributed by atoms with Gasteiger partial charge < -0.3 is 0 Å². The van der Waals surface area contributed by atoms with Crippen LogP contribution in [0.25, 0.3) is 16.5 Å². The molecule has 20 heavy (non-hydrogen) atoms. The third kappa shape index (κ3) is 3.80. The summed E-state index contributed by atoms with van der Waals surface area (Å²) in [6, 6.07) is 10.5. The molecule has 2 aromatic rings. The molecular formula is C19H25N. The van der Waals surface area contributed by atoms with Crippen molar-refractivity contribution in [2.75, 3.05) is 0 Å². The van der Waals surface area contributed by atoms with Gasteiger partial charge in [-0.3, -0.25) is 4.98 Å². The van der Waals surface area contributed by atoms with Crippen LogP contribution in [-0.2, 0) is 0 Å². The van der Waals surface area contributed by atoms with Crippen LogP contribution in [-0.4, -0.2) is 4.98 Å². The minimum absolute atomic E-state index is 1.05. The lowest BCUT2D eigenvalue weighted by molar-refractivity contribution is 1.22. The number of hydrogen-bond acceptors (Lipinski definition) is 1. The molecule has 0 fully saturated rings. The molecule has 0 amide bonds. The molecule has 0 saturated heterocycles. The fourth-order valence-electron chi connectivity index (χ4n) is 2.13. The molecule has 0 atom stereocenters. The SMILES string of the molecule is C/C=C(\C=C/CC)c1cc(C)nc2ccccc12.CC. The number of hydrogen-bond donors (Lipinski definition) is 0. The lowest BCUT2D eigenvalue weighted by atomic mass is 9.99. The number of para-hydroxylation sites is 1. The number of benzene rings is 1. The molecule has 1 nitrogen and oxygen atoms in total. The third-order valence-corrected chi connectivity index (χ3v) is 3.00. The highest BCUT2D eigenvalue weighted by atomic mass is 14.7. The summed E-state index contributed by atoms with van der Waals surface area (Å²) in [7, 11) is 0. The normalized spacial score (nSPS) is 11.6. The molecule has 0 bridgehead atoms. The number of allylic oxidation sites excluding steroid dienone is 4. The van der Waals surface area contributed by atoms with Crippen molar-refractivity contribution in [3.8, 4) is 0 Å². The van der Waals surface area contributed by atoms with Gasteiger partial charge >= 0.3 is 0 Å². The zero-order valence-corrected chi connectivity index (χ0v) is 13.3. The Morgan fingerprint density at radius 3 is 2.55 bits per heavy atom. The summed E-state index contributed by atoms with van der Waals surface area (Å²) in [5.41, 5.74) is 4.66. The Bertz CT molecular complexity index is 606. The predicted molar refractivity (Wildman–Crippen MR) is 90.9 cm³/mol. The molecule has 0 aliphatic carbocycles. The van der Waals surface area contributed by atoms with Gasteiger partial charge in [0.1, 0.15) is 0 Å². The third-order valence-electron chi connectivity index (χ3n) is 3.00. The van der Waals surface area contributed by atoms with Gasteiger partial charge in [-0.1, -0.05) is 57.2 Å². The van der Waals surface area contributed by atoms with Crippen molar-refractivity contribution in [2.24, 2.45) is 0 Å². The van der Waals surface area contributed by atoms with Crippen molar-refractivity contribution >= 4 is 16.5 Å². The lowest BCUT2D eigenvalue weighted by Crippen LogP contribution is -1.90. The van der Waals surface area contributed by atoms with Crippen LogP contribution < -0.4 is 0 Å². The summed E-state index contributed by atoms with van der Waals surface area (Å²) in [6.07, 6.45) is 7.60. The van der Waals surface area contributed by atoms with E-state index in [0.29, 0.717) is 0 Å². The van der Waals surface area contributed by atoms with Gasteiger partial charge in [0.15, 0.2) is 0 Å². The van der Waals surface area contributed by atoms with Crippen LogP contribution in [0.15, 0.2) is 48.6 Å². The van der Waals surface area contributed by atoms with Gasteiger partial charge in [0.2, 0.25) is 0 Å². The first-order valence-electron chi connectivity index (χ1n) is 7.46. The molecule has 1 aromatic carbocycles. The van der Waals surface area contributed by atoms with E-state index in [2.05, 4.69) is 61.3 Å². The highest BCUT2D eigenvalue weighted by Gasteiger charge is 2.05. The average Bonchev–Trinajstić information content (AvgIpc) is 2.49. The van der Waals surface area contributed by atoms with E-state index < -0.39 is 0 Å². The van der Waals surface area contributed by atoms with Crippen LogP contribution in [0.2, 0.25) is 0 Å². The van der Waals surface area contributed by atoms with E-state index in [1.54, 1.807) is 0 Å². The van der Waals surface area contributed by atoms with Crippen molar-refractivity contribution in [1.29, 1.82) is 0 Å².